The molecule has 0 bridgehead atoms. The SMILES string of the molecule is Cc1ccc(C2NC(C(C)C)C(=O)N2C2CCSC2)s1. The number of hydrogen-bond donors (Lipinski definition) is 1. The van der Waals surface area contributed by atoms with Crippen LogP contribution in [0.1, 0.15) is 36.2 Å². The van der Waals surface area contributed by atoms with Crippen molar-refractivity contribution in [2.45, 2.75) is 45.4 Å². The predicted molar refractivity (Wildman–Crippen MR) is 86.1 cm³/mol. The van der Waals surface area contributed by atoms with Gasteiger partial charge in [0.2, 0.25) is 5.91 Å². The highest BCUT2D eigenvalue weighted by atomic mass is 32.2. The Morgan fingerprint density at radius 3 is 2.75 bits per heavy atom. The van der Waals surface area contributed by atoms with E-state index in [9.17, 15) is 4.79 Å². The van der Waals surface area contributed by atoms with Crippen LogP contribution in [0.5, 0.6) is 0 Å². The minimum atomic E-state index is -0.0343. The van der Waals surface area contributed by atoms with Crippen molar-refractivity contribution in [3.63, 3.8) is 0 Å². The van der Waals surface area contributed by atoms with E-state index in [1.807, 2.05) is 11.8 Å². The fraction of sp³-hybridized carbons (Fsp3) is 0.667. The number of nitrogens with zero attached hydrogens (tertiary/aromatic N) is 1. The van der Waals surface area contributed by atoms with E-state index in [1.165, 1.54) is 15.5 Å². The maximum absolute atomic E-state index is 12.8. The number of aryl methyl sites for hydroxylation is 1. The molecule has 1 amide bonds. The molecule has 20 heavy (non-hydrogen) atoms. The minimum Gasteiger partial charge on any atom is -0.317 e. The molecule has 3 atom stereocenters. The summed E-state index contributed by atoms with van der Waals surface area (Å²) in [6.45, 7) is 6.37. The van der Waals surface area contributed by atoms with Gasteiger partial charge in [-0.2, -0.15) is 11.8 Å². The summed E-state index contributed by atoms with van der Waals surface area (Å²) in [6, 6.07) is 4.68. The van der Waals surface area contributed by atoms with Crippen LogP contribution in [0.3, 0.4) is 0 Å². The van der Waals surface area contributed by atoms with E-state index >= 15 is 0 Å². The fourth-order valence-electron chi connectivity index (χ4n) is 3.04. The third-order valence-electron chi connectivity index (χ3n) is 4.13. The zero-order chi connectivity index (χ0) is 14.3. The summed E-state index contributed by atoms with van der Waals surface area (Å²) in [4.78, 5) is 17.5. The number of thioether (sulfide) groups is 1. The Balaban J connectivity index is 1.90. The Kier molecular flexibility index (Phi) is 4.11. The predicted octanol–water partition coefficient (Wildman–Crippen LogP) is 3.02. The van der Waals surface area contributed by atoms with Gasteiger partial charge in [0.05, 0.1) is 6.04 Å². The zero-order valence-electron chi connectivity index (χ0n) is 12.3. The largest absolute Gasteiger partial charge is 0.317 e. The van der Waals surface area contributed by atoms with Gasteiger partial charge in [0.1, 0.15) is 6.17 Å². The first kappa shape index (κ1) is 14.4. The number of amides is 1. The molecule has 2 saturated heterocycles. The molecular formula is C15H22N2OS2. The highest BCUT2D eigenvalue weighted by molar-refractivity contribution is 7.99. The number of hydrogen-bond acceptors (Lipinski definition) is 4. The monoisotopic (exact) mass is 310 g/mol. The third-order valence-corrected chi connectivity index (χ3v) is 6.33. The number of rotatable bonds is 3. The summed E-state index contributed by atoms with van der Waals surface area (Å²) in [6.07, 6.45) is 1.21. The molecule has 1 aromatic heterocycles. The van der Waals surface area contributed by atoms with Gasteiger partial charge in [-0.15, -0.1) is 11.3 Å². The first-order valence-electron chi connectivity index (χ1n) is 7.30. The molecule has 110 valence electrons. The molecule has 0 aromatic carbocycles. The van der Waals surface area contributed by atoms with Crippen LogP contribution in [-0.2, 0) is 4.79 Å². The minimum absolute atomic E-state index is 0.0343. The average Bonchev–Trinajstić information content (AvgIpc) is 3.07. The van der Waals surface area contributed by atoms with Crippen molar-refractivity contribution < 1.29 is 4.79 Å². The lowest BCUT2D eigenvalue weighted by Crippen LogP contribution is -2.40. The van der Waals surface area contributed by atoms with E-state index in [1.54, 1.807) is 11.3 Å². The first-order chi connectivity index (χ1) is 9.58. The van der Waals surface area contributed by atoms with Gasteiger partial charge in [0.25, 0.3) is 0 Å². The maximum atomic E-state index is 12.8. The highest BCUT2D eigenvalue weighted by Crippen LogP contribution is 2.37. The van der Waals surface area contributed by atoms with Gasteiger partial charge in [-0.3, -0.25) is 10.1 Å². The van der Waals surface area contributed by atoms with Gasteiger partial charge in [0, 0.05) is 21.5 Å². The lowest BCUT2D eigenvalue weighted by Gasteiger charge is -2.29. The van der Waals surface area contributed by atoms with E-state index in [0.29, 0.717) is 17.9 Å². The van der Waals surface area contributed by atoms with E-state index < -0.39 is 0 Å². The molecule has 1 N–H and O–H groups in total. The van der Waals surface area contributed by atoms with Crippen molar-refractivity contribution >= 4 is 29.0 Å². The molecule has 2 aliphatic heterocycles. The quantitative estimate of drug-likeness (QED) is 0.931. The number of thiophene rings is 1. The van der Waals surface area contributed by atoms with Gasteiger partial charge in [-0.25, -0.2) is 0 Å². The van der Waals surface area contributed by atoms with Crippen molar-refractivity contribution in [3.8, 4) is 0 Å². The maximum Gasteiger partial charge on any atom is 0.241 e. The Morgan fingerprint density at radius 1 is 1.40 bits per heavy atom. The van der Waals surface area contributed by atoms with Crippen LogP contribution in [0.2, 0.25) is 0 Å². The van der Waals surface area contributed by atoms with Crippen molar-refractivity contribution in [3.05, 3.63) is 21.9 Å². The second-order valence-electron chi connectivity index (χ2n) is 6.00. The molecule has 3 unspecified atom stereocenters. The lowest BCUT2D eigenvalue weighted by molar-refractivity contribution is -0.132. The third kappa shape index (κ3) is 2.51. The van der Waals surface area contributed by atoms with Gasteiger partial charge >= 0.3 is 0 Å². The summed E-state index contributed by atoms with van der Waals surface area (Å²) in [5.74, 6) is 2.89. The van der Waals surface area contributed by atoms with Crippen LogP contribution >= 0.6 is 23.1 Å². The Bertz CT molecular complexity index is 494. The van der Waals surface area contributed by atoms with E-state index in [4.69, 9.17) is 0 Å². The molecule has 3 heterocycles. The fourth-order valence-corrected chi connectivity index (χ4v) is 5.18. The first-order valence-corrected chi connectivity index (χ1v) is 9.27. The zero-order valence-corrected chi connectivity index (χ0v) is 13.9. The molecule has 3 rings (SSSR count). The number of carbonyl (C=O) groups is 1. The second-order valence-corrected chi connectivity index (χ2v) is 8.47. The van der Waals surface area contributed by atoms with Gasteiger partial charge in [0.15, 0.2) is 0 Å². The van der Waals surface area contributed by atoms with Crippen molar-refractivity contribution in [1.82, 2.24) is 10.2 Å². The average molecular weight is 310 g/mol. The molecule has 0 aliphatic carbocycles. The molecular weight excluding hydrogens is 288 g/mol. The topological polar surface area (TPSA) is 32.3 Å². The van der Waals surface area contributed by atoms with Crippen molar-refractivity contribution in [2.24, 2.45) is 5.92 Å². The number of nitrogens with one attached hydrogen (secondary N) is 1. The van der Waals surface area contributed by atoms with Gasteiger partial charge in [-0.05, 0) is 37.1 Å². The van der Waals surface area contributed by atoms with Crippen LogP contribution in [0.15, 0.2) is 12.1 Å². The van der Waals surface area contributed by atoms with Gasteiger partial charge in [-0.1, -0.05) is 13.8 Å². The Labute approximate surface area is 129 Å². The second kappa shape index (κ2) is 5.70. The summed E-state index contributed by atoms with van der Waals surface area (Å²) < 4.78 is 0. The van der Waals surface area contributed by atoms with E-state index in [0.717, 1.165) is 12.2 Å². The van der Waals surface area contributed by atoms with Gasteiger partial charge < -0.3 is 4.90 Å². The molecule has 3 nitrogen and oxygen atoms in total. The Hall–Kier alpha value is -0.520. The van der Waals surface area contributed by atoms with Crippen LogP contribution in [0, 0.1) is 12.8 Å². The molecule has 1 aromatic rings. The molecule has 5 heteroatoms. The van der Waals surface area contributed by atoms with Crippen molar-refractivity contribution in [2.75, 3.05) is 11.5 Å². The molecule has 0 radical (unpaired) electrons. The molecule has 2 aliphatic rings. The highest BCUT2D eigenvalue weighted by Gasteiger charge is 2.45. The van der Waals surface area contributed by atoms with E-state index in [2.05, 4.69) is 43.1 Å². The number of carbonyl (C=O) groups excluding carboxylic acids is 1. The van der Waals surface area contributed by atoms with Crippen LogP contribution in [-0.4, -0.2) is 34.4 Å². The summed E-state index contributed by atoms with van der Waals surface area (Å²) >= 11 is 3.76. The molecule has 0 spiro atoms. The van der Waals surface area contributed by atoms with E-state index in [-0.39, 0.29) is 12.2 Å². The van der Waals surface area contributed by atoms with Crippen LogP contribution in [0.25, 0.3) is 0 Å². The van der Waals surface area contributed by atoms with Crippen molar-refractivity contribution in [1.29, 1.82) is 0 Å². The summed E-state index contributed by atoms with van der Waals surface area (Å²) in [7, 11) is 0. The normalized spacial score (nSPS) is 30.7. The smallest absolute Gasteiger partial charge is 0.241 e. The molecule has 0 saturated carbocycles. The van der Waals surface area contributed by atoms with Crippen LogP contribution < -0.4 is 5.32 Å². The summed E-state index contributed by atoms with van der Waals surface area (Å²) in [5, 5.41) is 3.57. The summed E-state index contributed by atoms with van der Waals surface area (Å²) in [5.41, 5.74) is 0. The Morgan fingerprint density at radius 2 is 2.20 bits per heavy atom. The molecule has 2 fully saturated rings. The lowest BCUT2D eigenvalue weighted by atomic mass is 10.0. The van der Waals surface area contributed by atoms with Crippen LogP contribution in [0.4, 0.5) is 0 Å². The standard InChI is InChI=1S/C15H22N2OS2/c1-9(2)13-15(18)17(11-6-7-19-8-11)14(16-13)12-5-4-10(3)20-12/h4-5,9,11,13-14,16H,6-8H2,1-3H3.